The van der Waals surface area contributed by atoms with E-state index in [1.807, 2.05) is 37.3 Å². The van der Waals surface area contributed by atoms with E-state index in [2.05, 4.69) is 6.07 Å². The van der Waals surface area contributed by atoms with E-state index in [-0.39, 0.29) is 18.1 Å². The summed E-state index contributed by atoms with van der Waals surface area (Å²) in [5, 5.41) is 9.56. The number of likely N-dealkylation sites (tertiary alicyclic amines) is 1. The summed E-state index contributed by atoms with van der Waals surface area (Å²) in [6.07, 6.45) is 0.284. The minimum Gasteiger partial charge on any atom is -0.391 e. The second-order valence-corrected chi connectivity index (χ2v) is 6.86. The third-order valence-electron chi connectivity index (χ3n) is 3.96. The molecule has 4 nitrogen and oxygen atoms in total. The van der Waals surface area contributed by atoms with Crippen molar-refractivity contribution >= 4 is 17.2 Å². The molecule has 1 aromatic carbocycles. The molecule has 1 saturated heterocycles. The normalized spacial score (nSPS) is 19.4. The summed E-state index contributed by atoms with van der Waals surface area (Å²) < 4.78 is 0. The van der Waals surface area contributed by atoms with Gasteiger partial charge in [0, 0.05) is 24.0 Å². The SMILES string of the molecule is C[C@@H](N)c1cccc(-c2ccc(C(=O)N3CC[C@H](O)C3)s2)c1. The van der Waals surface area contributed by atoms with Gasteiger partial charge in [-0.15, -0.1) is 11.3 Å². The molecule has 3 N–H and O–H groups in total. The standard InChI is InChI=1S/C17H20N2O2S/c1-11(18)12-3-2-4-13(9-12)15-5-6-16(22-15)17(21)19-8-7-14(20)10-19/h2-6,9,11,14,20H,7-8,10,18H2,1H3/t11-,14+/m1/s1. The minimum absolute atomic E-state index is 0.00731. The average molecular weight is 316 g/mol. The molecule has 0 bridgehead atoms. The van der Waals surface area contributed by atoms with Crippen LogP contribution in [0.4, 0.5) is 0 Å². The van der Waals surface area contributed by atoms with E-state index >= 15 is 0 Å². The number of benzene rings is 1. The first-order valence-electron chi connectivity index (χ1n) is 7.47. The second-order valence-electron chi connectivity index (χ2n) is 5.77. The van der Waals surface area contributed by atoms with Gasteiger partial charge >= 0.3 is 0 Å². The molecule has 0 unspecified atom stereocenters. The number of β-amino-alcohol motifs (C(OH)–C–C–N with tert-alkyl or cyclic N) is 1. The van der Waals surface area contributed by atoms with E-state index in [4.69, 9.17) is 5.73 Å². The van der Waals surface area contributed by atoms with Crippen molar-refractivity contribution < 1.29 is 9.90 Å². The Labute approximate surface area is 134 Å². The van der Waals surface area contributed by atoms with Crippen molar-refractivity contribution in [3.05, 3.63) is 46.8 Å². The molecule has 1 amide bonds. The van der Waals surface area contributed by atoms with Gasteiger partial charge in [-0.1, -0.05) is 18.2 Å². The lowest BCUT2D eigenvalue weighted by molar-refractivity contribution is 0.0769. The van der Waals surface area contributed by atoms with Crippen molar-refractivity contribution in [2.75, 3.05) is 13.1 Å². The van der Waals surface area contributed by atoms with Gasteiger partial charge in [0.25, 0.3) is 5.91 Å². The molecule has 3 rings (SSSR count). The van der Waals surface area contributed by atoms with Gasteiger partial charge in [-0.3, -0.25) is 4.79 Å². The minimum atomic E-state index is -0.383. The van der Waals surface area contributed by atoms with Crippen molar-refractivity contribution in [1.82, 2.24) is 4.90 Å². The summed E-state index contributed by atoms with van der Waals surface area (Å²) in [6.45, 7) is 3.03. The number of aliphatic hydroxyl groups is 1. The Morgan fingerprint density at radius 1 is 1.41 bits per heavy atom. The van der Waals surface area contributed by atoms with Crippen LogP contribution in [-0.2, 0) is 0 Å². The monoisotopic (exact) mass is 316 g/mol. The molecule has 0 saturated carbocycles. The number of nitrogens with two attached hydrogens (primary N) is 1. The number of hydrogen-bond donors (Lipinski definition) is 2. The number of nitrogens with zero attached hydrogens (tertiary/aromatic N) is 1. The van der Waals surface area contributed by atoms with E-state index in [1.165, 1.54) is 11.3 Å². The maximum Gasteiger partial charge on any atom is 0.264 e. The first-order valence-corrected chi connectivity index (χ1v) is 8.29. The van der Waals surface area contributed by atoms with Crippen molar-refractivity contribution in [2.24, 2.45) is 5.73 Å². The van der Waals surface area contributed by atoms with Crippen LogP contribution in [0, 0.1) is 0 Å². The fourth-order valence-corrected chi connectivity index (χ4v) is 3.64. The summed E-state index contributed by atoms with van der Waals surface area (Å²) in [5.41, 5.74) is 8.10. The van der Waals surface area contributed by atoms with E-state index < -0.39 is 0 Å². The first kappa shape index (κ1) is 15.2. The van der Waals surface area contributed by atoms with Crippen LogP contribution in [0.25, 0.3) is 10.4 Å². The van der Waals surface area contributed by atoms with E-state index in [9.17, 15) is 9.90 Å². The molecule has 5 heteroatoms. The van der Waals surface area contributed by atoms with Crippen molar-refractivity contribution in [3.63, 3.8) is 0 Å². The van der Waals surface area contributed by atoms with Gasteiger partial charge in [-0.2, -0.15) is 0 Å². The summed E-state index contributed by atoms with van der Waals surface area (Å²) in [7, 11) is 0. The van der Waals surface area contributed by atoms with Crippen LogP contribution in [0.2, 0.25) is 0 Å². The maximum atomic E-state index is 12.4. The molecule has 1 aliphatic rings. The van der Waals surface area contributed by atoms with Crippen LogP contribution in [0.3, 0.4) is 0 Å². The molecule has 0 aliphatic carbocycles. The zero-order valence-corrected chi connectivity index (χ0v) is 13.3. The molecule has 2 atom stereocenters. The highest BCUT2D eigenvalue weighted by molar-refractivity contribution is 7.17. The maximum absolute atomic E-state index is 12.4. The largest absolute Gasteiger partial charge is 0.391 e. The number of thiophene rings is 1. The van der Waals surface area contributed by atoms with Gasteiger partial charge < -0.3 is 15.7 Å². The highest BCUT2D eigenvalue weighted by Crippen LogP contribution is 2.30. The third-order valence-corrected chi connectivity index (χ3v) is 5.09. The zero-order chi connectivity index (χ0) is 15.7. The Balaban J connectivity index is 1.81. The topological polar surface area (TPSA) is 66.6 Å². The van der Waals surface area contributed by atoms with Crippen molar-refractivity contribution in [3.8, 4) is 10.4 Å². The lowest BCUT2D eigenvalue weighted by Crippen LogP contribution is -2.28. The van der Waals surface area contributed by atoms with Crippen LogP contribution < -0.4 is 5.73 Å². The van der Waals surface area contributed by atoms with Gasteiger partial charge in [0.2, 0.25) is 0 Å². The molecular formula is C17H20N2O2S. The summed E-state index contributed by atoms with van der Waals surface area (Å²) in [4.78, 5) is 15.9. The van der Waals surface area contributed by atoms with Gasteiger partial charge in [0.15, 0.2) is 0 Å². The molecule has 1 fully saturated rings. The number of carbonyl (C=O) groups excluding carboxylic acids is 1. The molecule has 1 aromatic heterocycles. The van der Waals surface area contributed by atoms with Gasteiger partial charge in [0.1, 0.15) is 0 Å². The second kappa shape index (κ2) is 6.20. The summed E-state index contributed by atoms with van der Waals surface area (Å²) in [5.74, 6) is 0.0103. The summed E-state index contributed by atoms with van der Waals surface area (Å²) in [6, 6.07) is 11.9. The molecule has 0 spiro atoms. The lowest BCUT2D eigenvalue weighted by atomic mass is 10.1. The highest BCUT2D eigenvalue weighted by atomic mass is 32.1. The molecular weight excluding hydrogens is 296 g/mol. The van der Waals surface area contributed by atoms with Crippen molar-refractivity contribution in [1.29, 1.82) is 0 Å². The Kier molecular flexibility index (Phi) is 4.29. The predicted octanol–water partition coefficient (Wildman–Crippen LogP) is 2.64. The Morgan fingerprint density at radius 3 is 2.91 bits per heavy atom. The van der Waals surface area contributed by atoms with Crippen LogP contribution in [0.5, 0.6) is 0 Å². The van der Waals surface area contributed by atoms with Gasteiger partial charge in [-0.25, -0.2) is 0 Å². The molecule has 0 radical (unpaired) electrons. The van der Waals surface area contributed by atoms with Gasteiger partial charge in [-0.05, 0) is 42.7 Å². The number of rotatable bonds is 3. The van der Waals surface area contributed by atoms with E-state index in [0.717, 1.165) is 20.9 Å². The van der Waals surface area contributed by atoms with E-state index in [1.54, 1.807) is 4.90 Å². The molecule has 2 aromatic rings. The Morgan fingerprint density at radius 2 is 2.23 bits per heavy atom. The number of aliphatic hydroxyl groups excluding tert-OH is 1. The average Bonchev–Trinajstić information content (AvgIpc) is 3.15. The summed E-state index contributed by atoms with van der Waals surface area (Å²) >= 11 is 1.49. The fraction of sp³-hybridized carbons (Fsp3) is 0.353. The molecule has 1 aliphatic heterocycles. The number of hydrogen-bond acceptors (Lipinski definition) is 4. The number of carbonyl (C=O) groups is 1. The van der Waals surface area contributed by atoms with Crippen LogP contribution in [0.1, 0.15) is 34.6 Å². The van der Waals surface area contributed by atoms with Crippen molar-refractivity contribution in [2.45, 2.75) is 25.5 Å². The quantitative estimate of drug-likeness (QED) is 0.915. The zero-order valence-electron chi connectivity index (χ0n) is 12.5. The Bertz CT molecular complexity index is 681. The lowest BCUT2D eigenvalue weighted by Gasteiger charge is -2.13. The fourth-order valence-electron chi connectivity index (χ4n) is 2.67. The van der Waals surface area contributed by atoms with Gasteiger partial charge in [0.05, 0.1) is 11.0 Å². The van der Waals surface area contributed by atoms with Crippen LogP contribution in [-0.4, -0.2) is 35.1 Å². The van der Waals surface area contributed by atoms with Crippen LogP contribution >= 0.6 is 11.3 Å². The van der Waals surface area contributed by atoms with Crippen LogP contribution in [0.15, 0.2) is 36.4 Å². The molecule has 22 heavy (non-hydrogen) atoms. The smallest absolute Gasteiger partial charge is 0.264 e. The number of amides is 1. The first-order chi connectivity index (χ1) is 10.5. The molecule has 2 heterocycles. The predicted molar refractivity (Wildman–Crippen MR) is 88.9 cm³/mol. The van der Waals surface area contributed by atoms with E-state index in [0.29, 0.717) is 19.5 Å². The molecule has 116 valence electrons. The third kappa shape index (κ3) is 3.06. The Hall–Kier alpha value is -1.69. The highest BCUT2D eigenvalue weighted by Gasteiger charge is 2.26.